The molecule has 0 atom stereocenters. The van der Waals surface area contributed by atoms with Crippen molar-refractivity contribution in [1.29, 1.82) is 0 Å². The molecule has 4 rings (SSSR count). The first-order valence-electron chi connectivity index (χ1n) is 7.93. The third-order valence-corrected chi connectivity index (χ3v) is 6.23. The maximum Gasteiger partial charge on any atom is 0.292 e. The van der Waals surface area contributed by atoms with Crippen LogP contribution in [-0.2, 0) is 19.9 Å². The van der Waals surface area contributed by atoms with E-state index in [9.17, 15) is 9.59 Å². The Kier molecular flexibility index (Phi) is 3.69. The van der Waals surface area contributed by atoms with E-state index >= 15 is 0 Å². The summed E-state index contributed by atoms with van der Waals surface area (Å²) in [6.45, 7) is 3.46. The Morgan fingerprint density at radius 1 is 1.32 bits per heavy atom. The van der Waals surface area contributed by atoms with Gasteiger partial charge in [0.25, 0.3) is 11.5 Å². The largest absolute Gasteiger partial charge is 0.292 e. The van der Waals surface area contributed by atoms with Gasteiger partial charge in [-0.15, -0.1) is 11.3 Å². The van der Waals surface area contributed by atoms with E-state index in [2.05, 4.69) is 15.5 Å². The zero-order chi connectivity index (χ0) is 17.9. The summed E-state index contributed by atoms with van der Waals surface area (Å²) in [4.78, 5) is 32.0. The summed E-state index contributed by atoms with van der Waals surface area (Å²) in [5.41, 5.74) is 4.19. The highest BCUT2D eigenvalue weighted by Gasteiger charge is 2.24. The summed E-state index contributed by atoms with van der Waals surface area (Å²) in [6.07, 6.45) is 2.93. The molecule has 130 valence electrons. The Labute approximate surface area is 152 Å². The van der Waals surface area contributed by atoms with E-state index in [1.165, 1.54) is 14.2 Å². The Balaban J connectivity index is 1.80. The van der Waals surface area contributed by atoms with Crippen molar-refractivity contribution in [1.82, 2.24) is 19.4 Å². The second-order valence-electron chi connectivity index (χ2n) is 6.15. The SMILES string of the molecule is Cc1c(Cl)c(C(=O)Nn2c(C)nc3sc4c(c3c2=O)CCC4)nn1C. The maximum absolute atomic E-state index is 13.0. The number of carbonyl (C=O) groups is 1. The number of amides is 1. The summed E-state index contributed by atoms with van der Waals surface area (Å²) in [5.74, 6) is -0.110. The Morgan fingerprint density at radius 2 is 2.08 bits per heavy atom. The van der Waals surface area contributed by atoms with Gasteiger partial charge in [-0.2, -0.15) is 5.10 Å². The van der Waals surface area contributed by atoms with Crippen LogP contribution >= 0.6 is 22.9 Å². The predicted molar refractivity (Wildman–Crippen MR) is 97.3 cm³/mol. The molecule has 9 heteroatoms. The molecule has 0 radical (unpaired) electrons. The summed E-state index contributed by atoms with van der Waals surface area (Å²) in [6, 6.07) is 0. The van der Waals surface area contributed by atoms with Crippen molar-refractivity contribution in [2.45, 2.75) is 33.1 Å². The first-order valence-corrected chi connectivity index (χ1v) is 9.12. The standard InChI is InChI=1S/C16H16ClN5O2S/c1-7-12(17)13(19-21(7)3)14(23)20-22-8(2)18-15-11(16(22)24)9-5-4-6-10(9)25-15/h4-6H2,1-3H3,(H,20,23). The van der Waals surface area contributed by atoms with E-state index in [0.717, 1.165) is 29.7 Å². The highest BCUT2D eigenvalue weighted by Crippen LogP contribution is 2.34. The predicted octanol–water partition coefficient (Wildman–Crippen LogP) is 2.33. The lowest BCUT2D eigenvalue weighted by Gasteiger charge is -2.10. The molecule has 25 heavy (non-hydrogen) atoms. The summed E-state index contributed by atoms with van der Waals surface area (Å²) in [5, 5.41) is 5.01. The minimum absolute atomic E-state index is 0.0867. The molecule has 1 aliphatic carbocycles. The minimum atomic E-state index is -0.535. The van der Waals surface area contributed by atoms with Gasteiger partial charge >= 0.3 is 0 Å². The van der Waals surface area contributed by atoms with E-state index in [-0.39, 0.29) is 16.3 Å². The molecule has 0 aliphatic heterocycles. The molecule has 0 bridgehead atoms. The third kappa shape index (κ3) is 2.39. The first kappa shape index (κ1) is 16.3. The van der Waals surface area contributed by atoms with Crippen LogP contribution in [0.15, 0.2) is 4.79 Å². The van der Waals surface area contributed by atoms with Crippen molar-refractivity contribution in [3.63, 3.8) is 0 Å². The first-order chi connectivity index (χ1) is 11.9. The minimum Gasteiger partial charge on any atom is -0.271 e. The van der Waals surface area contributed by atoms with Gasteiger partial charge in [-0.3, -0.25) is 19.7 Å². The quantitative estimate of drug-likeness (QED) is 0.743. The van der Waals surface area contributed by atoms with Crippen LogP contribution in [0.4, 0.5) is 0 Å². The fourth-order valence-electron chi connectivity index (χ4n) is 3.16. The van der Waals surface area contributed by atoms with Gasteiger partial charge in [0.05, 0.1) is 16.1 Å². The second kappa shape index (κ2) is 5.67. The van der Waals surface area contributed by atoms with Crippen LogP contribution in [-0.4, -0.2) is 25.3 Å². The van der Waals surface area contributed by atoms with Gasteiger partial charge in [-0.25, -0.2) is 9.66 Å². The zero-order valence-corrected chi connectivity index (χ0v) is 15.6. The number of thiophene rings is 1. The number of hydrogen-bond donors (Lipinski definition) is 1. The van der Waals surface area contributed by atoms with E-state index < -0.39 is 5.91 Å². The number of nitrogens with one attached hydrogen (secondary N) is 1. The van der Waals surface area contributed by atoms with Crippen LogP contribution < -0.4 is 11.0 Å². The number of aryl methyl sites for hydroxylation is 4. The number of fused-ring (bicyclic) bond motifs is 3. The molecule has 3 aromatic rings. The zero-order valence-electron chi connectivity index (χ0n) is 14.0. The molecule has 0 aromatic carbocycles. The highest BCUT2D eigenvalue weighted by molar-refractivity contribution is 7.18. The molecule has 3 aromatic heterocycles. The van der Waals surface area contributed by atoms with Crippen LogP contribution in [0.25, 0.3) is 10.2 Å². The van der Waals surface area contributed by atoms with Crippen molar-refractivity contribution >= 4 is 39.1 Å². The smallest absolute Gasteiger partial charge is 0.271 e. The molecule has 1 amide bonds. The van der Waals surface area contributed by atoms with Crippen LogP contribution in [0, 0.1) is 13.8 Å². The number of halogens is 1. The summed E-state index contributed by atoms with van der Waals surface area (Å²) < 4.78 is 2.72. The molecule has 1 aliphatic rings. The topological polar surface area (TPSA) is 81.8 Å². The van der Waals surface area contributed by atoms with Gasteiger partial charge in [0, 0.05) is 11.9 Å². The molecule has 1 N–H and O–H groups in total. The average molecular weight is 378 g/mol. The van der Waals surface area contributed by atoms with Crippen molar-refractivity contribution < 1.29 is 4.79 Å². The van der Waals surface area contributed by atoms with E-state index in [1.807, 2.05) is 0 Å². The molecule has 0 unspecified atom stereocenters. The van der Waals surface area contributed by atoms with Gasteiger partial charge in [0.2, 0.25) is 0 Å². The molecule has 7 nitrogen and oxygen atoms in total. The van der Waals surface area contributed by atoms with Gasteiger partial charge in [0.1, 0.15) is 10.7 Å². The van der Waals surface area contributed by atoms with Crippen molar-refractivity contribution in [3.05, 3.63) is 43.0 Å². The Morgan fingerprint density at radius 3 is 2.76 bits per heavy atom. The molecule has 0 spiro atoms. The molecular formula is C16H16ClN5O2S. The van der Waals surface area contributed by atoms with Crippen molar-refractivity contribution in [2.24, 2.45) is 7.05 Å². The molecular weight excluding hydrogens is 362 g/mol. The van der Waals surface area contributed by atoms with Crippen molar-refractivity contribution in [3.8, 4) is 0 Å². The van der Waals surface area contributed by atoms with E-state index in [1.54, 1.807) is 32.2 Å². The molecule has 3 heterocycles. The molecule has 0 fully saturated rings. The van der Waals surface area contributed by atoms with Gasteiger partial charge in [-0.1, -0.05) is 11.6 Å². The van der Waals surface area contributed by atoms with Gasteiger partial charge in [-0.05, 0) is 38.7 Å². The monoisotopic (exact) mass is 377 g/mol. The maximum atomic E-state index is 13.0. The van der Waals surface area contributed by atoms with Crippen LogP contribution in [0.2, 0.25) is 5.02 Å². The van der Waals surface area contributed by atoms with Crippen LogP contribution in [0.3, 0.4) is 0 Å². The normalized spacial score (nSPS) is 13.4. The fraction of sp³-hybridized carbons (Fsp3) is 0.375. The van der Waals surface area contributed by atoms with Gasteiger partial charge < -0.3 is 0 Å². The van der Waals surface area contributed by atoms with Crippen molar-refractivity contribution in [2.75, 3.05) is 5.43 Å². The molecule has 0 saturated heterocycles. The van der Waals surface area contributed by atoms with Crippen LogP contribution in [0.1, 0.15) is 38.9 Å². The summed E-state index contributed by atoms with van der Waals surface area (Å²) >= 11 is 7.74. The highest BCUT2D eigenvalue weighted by atomic mass is 35.5. The third-order valence-electron chi connectivity index (χ3n) is 4.60. The number of hydrogen-bond acceptors (Lipinski definition) is 5. The number of aromatic nitrogens is 4. The second-order valence-corrected chi connectivity index (χ2v) is 7.61. The van der Waals surface area contributed by atoms with Crippen LogP contribution in [0.5, 0.6) is 0 Å². The number of carbonyl (C=O) groups excluding carboxylic acids is 1. The lowest BCUT2D eigenvalue weighted by Crippen LogP contribution is -2.35. The lowest BCUT2D eigenvalue weighted by atomic mass is 10.2. The fourth-order valence-corrected chi connectivity index (χ4v) is 4.70. The Bertz CT molecular complexity index is 1090. The van der Waals surface area contributed by atoms with E-state index in [0.29, 0.717) is 16.9 Å². The number of rotatable bonds is 2. The Hall–Kier alpha value is -2.19. The molecule has 0 saturated carbocycles. The average Bonchev–Trinajstić information content (AvgIpc) is 3.20. The van der Waals surface area contributed by atoms with E-state index in [4.69, 9.17) is 11.6 Å². The lowest BCUT2D eigenvalue weighted by molar-refractivity contribution is 0.100. The summed E-state index contributed by atoms with van der Waals surface area (Å²) in [7, 11) is 1.71. The number of nitrogens with zero attached hydrogens (tertiary/aromatic N) is 4. The van der Waals surface area contributed by atoms with Gasteiger partial charge in [0.15, 0.2) is 5.69 Å².